The molecule has 0 aliphatic carbocycles. The molecule has 1 aromatic heterocycles. The molecule has 1 aromatic carbocycles. The fourth-order valence-electron chi connectivity index (χ4n) is 3.05. The highest BCUT2D eigenvalue weighted by Gasteiger charge is 2.25. The molecule has 2 heterocycles. The van der Waals surface area contributed by atoms with E-state index in [1.54, 1.807) is 0 Å². The Morgan fingerprint density at radius 2 is 1.82 bits per heavy atom. The van der Waals surface area contributed by atoms with Crippen LogP contribution in [0, 0.1) is 0 Å². The number of rotatable bonds is 6. The third-order valence-electron chi connectivity index (χ3n) is 4.13. The van der Waals surface area contributed by atoms with Gasteiger partial charge >= 0.3 is 0 Å². The quantitative estimate of drug-likeness (QED) is 0.505. The molecule has 0 radical (unpaired) electrons. The monoisotopic (exact) mass is 424 g/mol. The molecule has 0 fully saturated rings. The molecule has 0 saturated carbocycles. The molecule has 0 bridgehead atoms. The average molecular weight is 426 g/mol. The molecular formula is C18H22Br2N2. The molecule has 0 saturated heterocycles. The van der Waals surface area contributed by atoms with Gasteiger partial charge in [-0.25, -0.2) is 4.98 Å². The van der Waals surface area contributed by atoms with Gasteiger partial charge in [0.05, 0.1) is 5.56 Å². The van der Waals surface area contributed by atoms with Gasteiger partial charge in [-0.15, -0.1) is 0 Å². The van der Waals surface area contributed by atoms with Crippen molar-refractivity contribution in [2.45, 2.75) is 32.2 Å². The van der Waals surface area contributed by atoms with Crippen LogP contribution in [0.4, 0.5) is 5.69 Å². The molecule has 118 valence electrons. The number of anilines is 1. The normalized spacial score (nSPS) is 12.3. The second-order valence-electron chi connectivity index (χ2n) is 5.61. The second kappa shape index (κ2) is 8.68. The number of pyridine rings is 1. The summed E-state index contributed by atoms with van der Waals surface area (Å²) < 4.78 is 0. The fraction of sp³-hybridized carbons (Fsp3) is 0.389. The molecule has 0 spiro atoms. The first-order chi connectivity index (χ1) is 10.4. The molecule has 22 heavy (non-hydrogen) atoms. The Balaban J connectivity index is 0.00000176. The molecule has 2 aromatic rings. The summed E-state index contributed by atoms with van der Waals surface area (Å²) in [5.74, 6) is 0. The van der Waals surface area contributed by atoms with Crippen LogP contribution in [0.3, 0.4) is 0 Å². The maximum absolute atomic E-state index is 3.50. The van der Waals surface area contributed by atoms with E-state index in [1.807, 2.05) is 6.20 Å². The highest BCUT2D eigenvalue weighted by atomic mass is 79.9. The molecule has 2 nitrogen and oxygen atoms in total. The standard InChI is InChI=1S/C18H21BrN2.BrH/c19-11-5-1-2-6-13-21-14-15-8-3-4-9-16(15)18-17(21)10-7-12-20-18;/h3-4,7-10,12H,1-2,5-6,11,13-14H2;1H. The van der Waals surface area contributed by atoms with Gasteiger partial charge in [0.2, 0.25) is 5.69 Å². The fourth-order valence-corrected chi connectivity index (χ4v) is 3.45. The summed E-state index contributed by atoms with van der Waals surface area (Å²) in [5, 5.41) is 1.13. The number of hydrogen-bond acceptors (Lipinski definition) is 1. The number of hydrogen-bond donors (Lipinski definition) is 0. The van der Waals surface area contributed by atoms with Crippen molar-refractivity contribution in [3.8, 4) is 11.3 Å². The van der Waals surface area contributed by atoms with E-state index in [-0.39, 0.29) is 17.0 Å². The van der Waals surface area contributed by atoms with Crippen molar-refractivity contribution in [2.24, 2.45) is 0 Å². The number of fused-ring (bicyclic) bond motifs is 3. The molecule has 0 unspecified atom stereocenters. The summed E-state index contributed by atoms with van der Waals surface area (Å²) in [6.07, 6.45) is 7.21. The number of benzene rings is 1. The molecule has 1 N–H and O–H groups in total. The van der Waals surface area contributed by atoms with Gasteiger partial charge in [0.15, 0.2) is 6.20 Å². The van der Waals surface area contributed by atoms with Gasteiger partial charge in [0.25, 0.3) is 0 Å². The number of H-pyrrole nitrogens is 1. The summed E-state index contributed by atoms with van der Waals surface area (Å²) >= 11 is 3.50. The largest absolute Gasteiger partial charge is 1.00 e. The zero-order valence-corrected chi connectivity index (χ0v) is 15.9. The van der Waals surface area contributed by atoms with E-state index in [2.05, 4.69) is 62.2 Å². The van der Waals surface area contributed by atoms with Gasteiger partial charge in [-0.3, -0.25) is 0 Å². The minimum Gasteiger partial charge on any atom is -1.00 e. The Bertz CT molecular complexity index is 601. The van der Waals surface area contributed by atoms with E-state index in [4.69, 9.17) is 0 Å². The molecule has 0 atom stereocenters. The van der Waals surface area contributed by atoms with E-state index in [1.165, 1.54) is 48.2 Å². The second-order valence-corrected chi connectivity index (χ2v) is 6.41. The predicted octanol–water partition coefficient (Wildman–Crippen LogP) is 1.45. The van der Waals surface area contributed by atoms with Crippen LogP contribution in [-0.4, -0.2) is 11.9 Å². The third kappa shape index (κ3) is 3.90. The molecular weight excluding hydrogens is 404 g/mol. The first-order valence-electron chi connectivity index (χ1n) is 7.80. The number of nitrogens with zero attached hydrogens (tertiary/aromatic N) is 1. The van der Waals surface area contributed by atoms with Crippen LogP contribution < -0.4 is 26.9 Å². The molecule has 3 rings (SSSR count). The minimum atomic E-state index is 0. The average Bonchev–Trinajstić information content (AvgIpc) is 2.54. The van der Waals surface area contributed by atoms with Crippen molar-refractivity contribution < 1.29 is 22.0 Å². The van der Waals surface area contributed by atoms with Crippen molar-refractivity contribution >= 4 is 21.6 Å². The van der Waals surface area contributed by atoms with Crippen molar-refractivity contribution in [3.05, 3.63) is 48.2 Å². The Morgan fingerprint density at radius 3 is 2.68 bits per heavy atom. The highest BCUT2D eigenvalue weighted by molar-refractivity contribution is 9.09. The van der Waals surface area contributed by atoms with Crippen LogP contribution in [0.25, 0.3) is 11.3 Å². The van der Waals surface area contributed by atoms with Crippen LogP contribution in [0.5, 0.6) is 0 Å². The van der Waals surface area contributed by atoms with E-state index in [9.17, 15) is 0 Å². The first kappa shape index (κ1) is 17.5. The first-order valence-corrected chi connectivity index (χ1v) is 8.92. The minimum absolute atomic E-state index is 0. The van der Waals surface area contributed by atoms with Crippen molar-refractivity contribution in [2.75, 3.05) is 16.8 Å². The summed E-state index contributed by atoms with van der Waals surface area (Å²) in [7, 11) is 0. The van der Waals surface area contributed by atoms with Crippen LogP contribution in [0.15, 0.2) is 42.6 Å². The van der Waals surface area contributed by atoms with E-state index >= 15 is 0 Å². The Labute approximate surface area is 151 Å². The molecule has 0 amide bonds. The highest BCUT2D eigenvalue weighted by Crippen LogP contribution is 2.35. The van der Waals surface area contributed by atoms with E-state index in [0.717, 1.165) is 18.4 Å². The summed E-state index contributed by atoms with van der Waals surface area (Å²) in [6.45, 7) is 2.17. The van der Waals surface area contributed by atoms with Gasteiger partial charge in [-0.1, -0.05) is 47.0 Å². The SMILES string of the molecule is BrCCCCCCN1Cc2ccccc2-c2[nH+]cccc21.[Br-]. The van der Waals surface area contributed by atoms with Crippen molar-refractivity contribution in [3.63, 3.8) is 0 Å². The lowest BCUT2D eigenvalue weighted by molar-refractivity contribution is -0.364. The molecule has 1 aliphatic heterocycles. The lowest BCUT2D eigenvalue weighted by Crippen LogP contribution is -3.00. The van der Waals surface area contributed by atoms with Gasteiger partial charge < -0.3 is 21.9 Å². The summed E-state index contributed by atoms with van der Waals surface area (Å²) in [4.78, 5) is 5.95. The van der Waals surface area contributed by atoms with Crippen LogP contribution >= 0.6 is 15.9 Å². The van der Waals surface area contributed by atoms with E-state index < -0.39 is 0 Å². The summed E-state index contributed by atoms with van der Waals surface area (Å²) in [5.41, 5.74) is 5.38. The van der Waals surface area contributed by atoms with Crippen molar-refractivity contribution in [1.29, 1.82) is 0 Å². The zero-order chi connectivity index (χ0) is 14.5. The van der Waals surface area contributed by atoms with Crippen LogP contribution in [0.1, 0.15) is 31.2 Å². The number of alkyl halides is 1. The lowest BCUT2D eigenvalue weighted by Gasteiger charge is -2.29. The number of aromatic amines is 1. The predicted molar refractivity (Wildman–Crippen MR) is 91.7 cm³/mol. The maximum Gasteiger partial charge on any atom is 0.234 e. The Hall–Kier alpha value is -0.870. The van der Waals surface area contributed by atoms with Crippen molar-refractivity contribution in [1.82, 2.24) is 0 Å². The number of aromatic nitrogens is 1. The molecule has 4 heteroatoms. The third-order valence-corrected chi connectivity index (χ3v) is 4.70. The van der Waals surface area contributed by atoms with Gasteiger partial charge in [0, 0.05) is 24.5 Å². The zero-order valence-electron chi connectivity index (χ0n) is 12.7. The maximum atomic E-state index is 3.50. The van der Waals surface area contributed by atoms with Gasteiger partial charge in [-0.2, -0.15) is 0 Å². The van der Waals surface area contributed by atoms with Crippen LogP contribution in [0.2, 0.25) is 0 Å². The van der Waals surface area contributed by atoms with Crippen LogP contribution in [-0.2, 0) is 6.54 Å². The lowest BCUT2D eigenvalue weighted by atomic mass is 9.97. The van der Waals surface area contributed by atoms with E-state index in [0.29, 0.717) is 0 Å². The van der Waals surface area contributed by atoms with Gasteiger partial charge in [-0.05, 0) is 30.5 Å². The topological polar surface area (TPSA) is 17.4 Å². The number of nitrogens with one attached hydrogen (secondary N) is 1. The molecule has 1 aliphatic rings. The Kier molecular flexibility index (Phi) is 6.90. The number of unbranched alkanes of at least 4 members (excludes halogenated alkanes) is 3. The summed E-state index contributed by atoms with van der Waals surface area (Å²) in [6, 6.07) is 13.1. The van der Waals surface area contributed by atoms with Gasteiger partial charge in [0.1, 0.15) is 5.69 Å². The number of halogens is 2. The Morgan fingerprint density at radius 1 is 1.00 bits per heavy atom. The smallest absolute Gasteiger partial charge is 0.234 e.